The molecule has 0 saturated heterocycles. The first-order chi connectivity index (χ1) is 14.6. The highest BCUT2D eigenvalue weighted by Crippen LogP contribution is 2.31. The molecule has 0 saturated carbocycles. The molecule has 4 aromatic carbocycles. The molecule has 160 valence electrons. The summed E-state index contributed by atoms with van der Waals surface area (Å²) < 4.78 is 30.5. The highest BCUT2D eigenvalue weighted by Gasteiger charge is 2.22. The van der Waals surface area contributed by atoms with Crippen LogP contribution >= 0.6 is 0 Å². The van der Waals surface area contributed by atoms with Crippen molar-refractivity contribution in [3.05, 3.63) is 113 Å². The van der Waals surface area contributed by atoms with Gasteiger partial charge in [-0.2, -0.15) is 8.42 Å². The van der Waals surface area contributed by atoms with E-state index in [1.165, 1.54) is 34.4 Å². The molecule has 0 bridgehead atoms. The number of benzene rings is 4. The zero-order valence-electron chi connectivity index (χ0n) is 18.3. The van der Waals surface area contributed by atoms with Crippen LogP contribution in [0.5, 0.6) is 0 Å². The third-order valence-electron chi connectivity index (χ3n) is 5.57. The second-order valence-corrected chi connectivity index (χ2v) is 9.76. The number of hydrogen-bond acceptors (Lipinski definition) is 2. The van der Waals surface area contributed by atoms with Crippen LogP contribution in [0.15, 0.2) is 95.9 Å². The van der Waals surface area contributed by atoms with Crippen molar-refractivity contribution in [2.45, 2.75) is 38.0 Å². The van der Waals surface area contributed by atoms with Gasteiger partial charge >= 0.3 is 0 Å². The molecule has 4 aromatic rings. The lowest BCUT2D eigenvalue weighted by Crippen LogP contribution is -2.18. The first kappa shape index (κ1) is 22.7. The third-order valence-corrected chi connectivity index (χ3v) is 6.41. The van der Waals surface area contributed by atoms with Crippen molar-refractivity contribution in [1.29, 1.82) is 0 Å². The van der Waals surface area contributed by atoms with Crippen LogP contribution in [0.25, 0.3) is 10.8 Å². The summed E-state index contributed by atoms with van der Waals surface area (Å²) in [4.78, 5) is -0.0730. The maximum absolute atomic E-state index is 10.8. The quantitative estimate of drug-likeness (QED) is 0.366. The van der Waals surface area contributed by atoms with Gasteiger partial charge in [0.15, 0.2) is 0 Å². The molecular formula is C27H28O3S. The first-order valence-corrected chi connectivity index (χ1v) is 11.6. The molecule has 3 nitrogen and oxygen atoms in total. The van der Waals surface area contributed by atoms with Crippen LogP contribution in [0.4, 0.5) is 0 Å². The van der Waals surface area contributed by atoms with Gasteiger partial charge in [-0.15, -0.1) is 0 Å². The van der Waals surface area contributed by atoms with E-state index in [-0.39, 0.29) is 10.3 Å². The van der Waals surface area contributed by atoms with E-state index in [9.17, 15) is 8.42 Å². The zero-order chi connectivity index (χ0) is 22.6. The Hall–Kier alpha value is -2.95. The molecule has 0 atom stereocenters. The van der Waals surface area contributed by atoms with Crippen molar-refractivity contribution in [3.63, 3.8) is 0 Å². The second kappa shape index (κ2) is 9.04. The Labute approximate surface area is 185 Å². The van der Waals surface area contributed by atoms with E-state index < -0.39 is 10.1 Å². The van der Waals surface area contributed by atoms with Gasteiger partial charge in [0, 0.05) is 5.41 Å². The van der Waals surface area contributed by atoms with Gasteiger partial charge in [-0.05, 0) is 47.9 Å². The molecular weight excluding hydrogens is 404 g/mol. The molecule has 0 radical (unpaired) electrons. The van der Waals surface area contributed by atoms with Crippen molar-refractivity contribution in [1.82, 2.24) is 0 Å². The summed E-state index contributed by atoms with van der Waals surface area (Å²) in [6, 6.07) is 29.5. The molecule has 4 heteroatoms. The summed E-state index contributed by atoms with van der Waals surface area (Å²) in [5, 5.41) is 1.74. The van der Waals surface area contributed by atoms with Gasteiger partial charge in [-0.3, -0.25) is 4.55 Å². The number of hydrogen-bond donors (Lipinski definition) is 1. The summed E-state index contributed by atoms with van der Waals surface area (Å²) in [6.07, 6.45) is 0. The SMILES string of the molecule is Cc1ccc(C(C)(C)c2ccc(C)cc2)cc1.O=S(=O)(O)c1ccc2ccccc2c1. The van der Waals surface area contributed by atoms with Gasteiger partial charge in [0.05, 0.1) is 4.90 Å². The van der Waals surface area contributed by atoms with Crippen LogP contribution in [0.2, 0.25) is 0 Å². The molecule has 0 unspecified atom stereocenters. The molecule has 0 aliphatic heterocycles. The van der Waals surface area contributed by atoms with E-state index in [1.54, 1.807) is 12.1 Å². The average Bonchev–Trinajstić information content (AvgIpc) is 2.74. The molecule has 0 heterocycles. The Morgan fingerprint density at radius 1 is 0.645 bits per heavy atom. The minimum atomic E-state index is -4.09. The van der Waals surface area contributed by atoms with E-state index in [0.29, 0.717) is 0 Å². The molecule has 1 N–H and O–H groups in total. The predicted molar refractivity (Wildman–Crippen MR) is 128 cm³/mol. The summed E-state index contributed by atoms with van der Waals surface area (Å²) in [5.41, 5.74) is 5.43. The molecule has 0 aliphatic rings. The Kier molecular flexibility index (Phi) is 6.63. The Morgan fingerprint density at radius 3 is 1.55 bits per heavy atom. The topological polar surface area (TPSA) is 54.4 Å². The van der Waals surface area contributed by atoms with Gasteiger partial charge in [-0.25, -0.2) is 0 Å². The lowest BCUT2D eigenvalue weighted by Gasteiger charge is -2.26. The minimum Gasteiger partial charge on any atom is -0.282 e. The normalized spacial score (nSPS) is 11.6. The van der Waals surface area contributed by atoms with Crippen molar-refractivity contribution < 1.29 is 13.0 Å². The van der Waals surface area contributed by atoms with Crippen molar-refractivity contribution in [3.8, 4) is 0 Å². The Balaban J connectivity index is 0.000000179. The van der Waals surface area contributed by atoms with Crippen LogP contribution in [0.3, 0.4) is 0 Å². The van der Waals surface area contributed by atoms with Crippen LogP contribution < -0.4 is 0 Å². The number of rotatable bonds is 3. The van der Waals surface area contributed by atoms with Crippen molar-refractivity contribution in [2.75, 3.05) is 0 Å². The Bertz CT molecular complexity index is 1220. The molecule has 0 spiro atoms. The summed E-state index contributed by atoms with van der Waals surface area (Å²) in [6.45, 7) is 8.82. The van der Waals surface area contributed by atoms with E-state index in [0.717, 1.165) is 10.8 Å². The van der Waals surface area contributed by atoms with Gasteiger partial charge in [0.2, 0.25) is 0 Å². The zero-order valence-corrected chi connectivity index (χ0v) is 19.1. The summed E-state index contributed by atoms with van der Waals surface area (Å²) >= 11 is 0. The average molecular weight is 433 g/mol. The fourth-order valence-electron chi connectivity index (χ4n) is 3.43. The van der Waals surface area contributed by atoms with E-state index in [4.69, 9.17) is 4.55 Å². The van der Waals surface area contributed by atoms with Crippen LogP contribution in [0.1, 0.15) is 36.1 Å². The Morgan fingerprint density at radius 2 is 1.10 bits per heavy atom. The molecule has 0 aromatic heterocycles. The van der Waals surface area contributed by atoms with E-state index in [1.807, 2.05) is 18.2 Å². The second-order valence-electron chi connectivity index (χ2n) is 8.34. The highest BCUT2D eigenvalue weighted by atomic mass is 32.2. The van der Waals surface area contributed by atoms with Crippen molar-refractivity contribution in [2.24, 2.45) is 0 Å². The smallest absolute Gasteiger partial charge is 0.282 e. The fourth-order valence-corrected chi connectivity index (χ4v) is 3.95. The van der Waals surface area contributed by atoms with Crippen LogP contribution in [-0.4, -0.2) is 13.0 Å². The predicted octanol–water partition coefficient (Wildman–Crippen LogP) is 6.72. The van der Waals surface area contributed by atoms with Gasteiger partial charge in [0.25, 0.3) is 10.1 Å². The highest BCUT2D eigenvalue weighted by molar-refractivity contribution is 7.85. The third kappa shape index (κ3) is 5.60. The number of aryl methyl sites for hydroxylation is 2. The monoisotopic (exact) mass is 432 g/mol. The summed E-state index contributed by atoms with van der Waals surface area (Å²) in [7, 11) is -4.09. The van der Waals surface area contributed by atoms with Gasteiger partial charge < -0.3 is 0 Å². The lowest BCUT2D eigenvalue weighted by atomic mass is 9.78. The molecule has 0 fully saturated rings. The van der Waals surface area contributed by atoms with Crippen LogP contribution in [-0.2, 0) is 15.5 Å². The first-order valence-electron chi connectivity index (χ1n) is 10.2. The number of fused-ring (bicyclic) bond motifs is 1. The molecule has 31 heavy (non-hydrogen) atoms. The van der Waals surface area contributed by atoms with Gasteiger partial charge in [-0.1, -0.05) is 104 Å². The molecule has 0 amide bonds. The minimum absolute atomic E-state index is 0.0708. The van der Waals surface area contributed by atoms with E-state index >= 15 is 0 Å². The molecule has 0 aliphatic carbocycles. The fraction of sp³-hybridized carbons (Fsp3) is 0.185. The largest absolute Gasteiger partial charge is 0.294 e. The lowest BCUT2D eigenvalue weighted by molar-refractivity contribution is 0.483. The van der Waals surface area contributed by atoms with Crippen LogP contribution in [0, 0.1) is 13.8 Å². The van der Waals surface area contributed by atoms with Crippen molar-refractivity contribution >= 4 is 20.9 Å². The maximum atomic E-state index is 10.8. The summed E-state index contributed by atoms with van der Waals surface area (Å²) in [5.74, 6) is 0. The van der Waals surface area contributed by atoms with E-state index in [2.05, 4.69) is 76.2 Å². The standard InChI is InChI=1S/C17H20.C10H8O3S/c1-13-5-9-15(10-6-13)17(3,4)16-11-7-14(2)8-12-16;11-14(12,13)10-6-5-8-3-1-2-4-9(8)7-10/h5-12H,1-4H3;1-7H,(H,11,12,13). The molecule has 4 rings (SSSR count). The maximum Gasteiger partial charge on any atom is 0.294 e. The van der Waals surface area contributed by atoms with Gasteiger partial charge in [0.1, 0.15) is 0 Å².